The molecule has 3 aromatic heterocycles. The molecule has 0 radical (unpaired) electrons. The minimum atomic E-state index is -0.441. The largest absolute Gasteiger partial charge is 0.458 e. The smallest absolute Gasteiger partial charge is 0.303 e. The second kappa shape index (κ2) is 11.0. The van der Waals surface area contributed by atoms with E-state index in [1.807, 2.05) is 40.9 Å². The third-order valence-corrected chi connectivity index (χ3v) is 7.69. The van der Waals surface area contributed by atoms with Crippen molar-refractivity contribution in [3.63, 3.8) is 0 Å². The number of fused-ring (bicyclic) bond motifs is 1. The van der Waals surface area contributed by atoms with E-state index in [9.17, 15) is 14.0 Å². The van der Waals surface area contributed by atoms with E-state index >= 15 is 0 Å². The fourth-order valence-corrected chi connectivity index (χ4v) is 5.81. The third kappa shape index (κ3) is 5.38. The molecule has 2 aliphatic heterocycles. The summed E-state index contributed by atoms with van der Waals surface area (Å²) >= 11 is 0. The standard InChI is InChI=1S/C30H31FN6O3/c1-20(38)40-19-24(39)15-21-12-14-35(18-21)29-9-3-7-25(33-29)27-17-32-28-10-11-30(34-37(27)28)36-13-4-8-26(36)22-5-2-6-23(31)16-22/h2-3,5-7,9-11,16-17,21,26H,4,8,12-15,18-19H2,1H3/t21-,26+/m0/s1. The lowest BCUT2D eigenvalue weighted by atomic mass is 10.0. The molecule has 5 heterocycles. The Morgan fingerprint density at radius 3 is 2.77 bits per heavy atom. The van der Waals surface area contributed by atoms with Gasteiger partial charge in [-0.1, -0.05) is 18.2 Å². The Balaban J connectivity index is 1.21. The molecule has 2 aliphatic rings. The first-order valence-electron chi connectivity index (χ1n) is 13.7. The second-order valence-corrected chi connectivity index (χ2v) is 10.5. The highest BCUT2D eigenvalue weighted by Crippen LogP contribution is 2.36. The van der Waals surface area contributed by atoms with Gasteiger partial charge in [0.1, 0.15) is 29.8 Å². The van der Waals surface area contributed by atoms with Crippen molar-refractivity contribution < 1.29 is 18.7 Å². The lowest BCUT2D eigenvalue weighted by Gasteiger charge is -2.26. The summed E-state index contributed by atoms with van der Waals surface area (Å²) in [7, 11) is 0. The molecule has 0 N–H and O–H groups in total. The number of nitrogens with zero attached hydrogens (tertiary/aromatic N) is 6. The van der Waals surface area contributed by atoms with Crippen LogP contribution in [0.5, 0.6) is 0 Å². The first-order valence-corrected chi connectivity index (χ1v) is 13.7. The lowest BCUT2D eigenvalue weighted by Crippen LogP contribution is -2.24. The maximum absolute atomic E-state index is 13.9. The number of ketones is 1. The van der Waals surface area contributed by atoms with E-state index in [2.05, 4.69) is 14.8 Å². The predicted octanol–water partition coefficient (Wildman–Crippen LogP) is 4.62. The fourth-order valence-electron chi connectivity index (χ4n) is 5.81. The van der Waals surface area contributed by atoms with Gasteiger partial charge in [-0.25, -0.2) is 18.9 Å². The number of rotatable bonds is 8. The number of benzene rings is 1. The van der Waals surface area contributed by atoms with Crippen LogP contribution < -0.4 is 9.80 Å². The number of hydrogen-bond donors (Lipinski definition) is 0. The van der Waals surface area contributed by atoms with Crippen molar-refractivity contribution in [1.29, 1.82) is 0 Å². The van der Waals surface area contributed by atoms with E-state index in [1.165, 1.54) is 13.0 Å². The van der Waals surface area contributed by atoms with Crippen LogP contribution in [-0.4, -0.2) is 57.6 Å². The number of carbonyl (C=O) groups excluding carboxylic acids is 2. The van der Waals surface area contributed by atoms with Crippen molar-refractivity contribution in [3.05, 3.63) is 72.2 Å². The predicted molar refractivity (Wildman–Crippen MR) is 149 cm³/mol. The molecule has 10 heteroatoms. The Morgan fingerprint density at radius 2 is 1.93 bits per heavy atom. The van der Waals surface area contributed by atoms with Gasteiger partial charge >= 0.3 is 5.97 Å². The minimum Gasteiger partial charge on any atom is -0.458 e. The Bertz CT molecular complexity index is 1560. The van der Waals surface area contributed by atoms with Gasteiger partial charge in [0, 0.05) is 33.0 Å². The Morgan fingerprint density at radius 1 is 1.05 bits per heavy atom. The highest BCUT2D eigenvalue weighted by atomic mass is 19.1. The number of imidazole rings is 1. The first kappa shape index (κ1) is 25.9. The van der Waals surface area contributed by atoms with Gasteiger partial charge in [0.2, 0.25) is 0 Å². The van der Waals surface area contributed by atoms with Crippen LogP contribution in [0, 0.1) is 11.7 Å². The molecule has 4 aromatic rings. The summed E-state index contributed by atoms with van der Waals surface area (Å²) in [4.78, 5) is 37.1. The quantitative estimate of drug-likeness (QED) is 0.298. The van der Waals surface area contributed by atoms with E-state index in [4.69, 9.17) is 14.8 Å². The Kier molecular flexibility index (Phi) is 7.15. The number of esters is 1. The Hall–Kier alpha value is -4.34. The summed E-state index contributed by atoms with van der Waals surface area (Å²) in [6.45, 7) is 3.50. The molecule has 2 saturated heterocycles. The van der Waals surface area contributed by atoms with Crippen LogP contribution in [0.15, 0.2) is 60.8 Å². The van der Waals surface area contributed by atoms with Crippen molar-refractivity contribution in [1.82, 2.24) is 19.6 Å². The molecule has 6 rings (SSSR count). The highest BCUT2D eigenvalue weighted by molar-refractivity contribution is 5.82. The molecule has 0 saturated carbocycles. The van der Waals surface area contributed by atoms with Crippen LogP contribution >= 0.6 is 0 Å². The van der Waals surface area contributed by atoms with E-state index < -0.39 is 5.97 Å². The molecule has 0 aliphatic carbocycles. The van der Waals surface area contributed by atoms with Crippen molar-refractivity contribution in [2.75, 3.05) is 36.0 Å². The zero-order valence-electron chi connectivity index (χ0n) is 22.4. The zero-order chi connectivity index (χ0) is 27.6. The number of aromatic nitrogens is 4. The van der Waals surface area contributed by atoms with Gasteiger partial charge in [0.15, 0.2) is 11.4 Å². The first-order chi connectivity index (χ1) is 19.4. The van der Waals surface area contributed by atoms with Gasteiger partial charge in [-0.15, -0.1) is 5.10 Å². The molecule has 0 bridgehead atoms. The molecule has 0 unspecified atom stereocenters. The van der Waals surface area contributed by atoms with Crippen molar-refractivity contribution in [2.45, 2.75) is 38.6 Å². The molecule has 1 aromatic carbocycles. The third-order valence-electron chi connectivity index (χ3n) is 7.69. The minimum absolute atomic E-state index is 0.0611. The van der Waals surface area contributed by atoms with Gasteiger partial charge in [-0.2, -0.15) is 0 Å². The zero-order valence-corrected chi connectivity index (χ0v) is 22.4. The maximum Gasteiger partial charge on any atom is 0.303 e. The van der Waals surface area contributed by atoms with Crippen LogP contribution in [0.25, 0.3) is 17.0 Å². The van der Waals surface area contributed by atoms with Crippen molar-refractivity contribution in [2.24, 2.45) is 5.92 Å². The molecule has 2 atom stereocenters. The summed E-state index contributed by atoms with van der Waals surface area (Å²) < 4.78 is 20.6. The van der Waals surface area contributed by atoms with E-state index in [0.29, 0.717) is 13.0 Å². The molecule has 9 nitrogen and oxygen atoms in total. The number of pyridine rings is 1. The van der Waals surface area contributed by atoms with Gasteiger partial charge in [-0.05, 0) is 67.1 Å². The van der Waals surface area contributed by atoms with Crippen LogP contribution in [-0.2, 0) is 14.3 Å². The summed E-state index contributed by atoms with van der Waals surface area (Å²) in [5, 5.41) is 4.95. The van der Waals surface area contributed by atoms with E-state index in [-0.39, 0.29) is 30.2 Å². The number of halogens is 1. The van der Waals surface area contributed by atoms with Crippen LogP contribution in [0.4, 0.5) is 16.0 Å². The Labute approximate surface area is 231 Å². The molecular formula is C30H31FN6O3. The molecule has 0 amide bonds. The van der Waals surface area contributed by atoms with Crippen LogP contribution in [0.2, 0.25) is 0 Å². The number of anilines is 2. The number of Topliss-reactive ketones (excluding diaryl/α,β-unsaturated/α-hetero) is 1. The summed E-state index contributed by atoms with van der Waals surface area (Å²) in [6.07, 6.45) is 4.99. The number of hydrogen-bond acceptors (Lipinski definition) is 8. The SMILES string of the molecule is CC(=O)OCC(=O)C[C@@H]1CCN(c2cccc(-c3cnc4ccc(N5CCC[C@@H]5c5cccc(F)c5)nn34)n2)C1. The van der Waals surface area contributed by atoms with Gasteiger partial charge < -0.3 is 14.5 Å². The molecule has 40 heavy (non-hydrogen) atoms. The maximum atomic E-state index is 13.9. The molecule has 0 spiro atoms. The topological polar surface area (TPSA) is 92.9 Å². The van der Waals surface area contributed by atoms with Crippen molar-refractivity contribution in [3.8, 4) is 11.4 Å². The normalized spacial score (nSPS) is 18.9. The summed E-state index contributed by atoms with van der Waals surface area (Å²) in [5.74, 6) is 1.12. The molecule has 2 fully saturated rings. The highest BCUT2D eigenvalue weighted by Gasteiger charge is 2.29. The average molecular weight is 543 g/mol. The van der Waals surface area contributed by atoms with Crippen molar-refractivity contribution >= 4 is 29.0 Å². The second-order valence-electron chi connectivity index (χ2n) is 10.5. The molecular weight excluding hydrogens is 511 g/mol. The number of ether oxygens (including phenoxy) is 1. The fraction of sp³-hybridized carbons (Fsp3) is 0.367. The monoisotopic (exact) mass is 542 g/mol. The van der Waals surface area contributed by atoms with Crippen LogP contribution in [0.3, 0.4) is 0 Å². The van der Waals surface area contributed by atoms with Crippen LogP contribution in [0.1, 0.15) is 44.2 Å². The number of carbonyl (C=O) groups is 2. The van der Waals surface area contributed by atoms with Gasteiger partial charge in [0.05, 0.1) is 17.9 Å². The summed E-state index contributed by atoms with van der Waals surface area (Å²) in [5.41, 5.74) is 3.22. The average Bonchev–Trinajstić information content (AvgIpc) is 3.71. The van der Waals surface area contributed by atoms with Gasteiger partial charge in [0.25, 0.3) is 0 Å². The van der Waals surface area contributed by atoms with E-state index in [1.54, 1.807) is 18.3 Å². The van der Waals surface area contributed by atoms with Gasteiger partial charge in [-0.3, -0.25) is 9.59 Å². The molecule has 206 valence electrons. The summed E-state index contributed by atoms with van der Waals surface area (Å²) in [6, 6.07) is 16.7. The lowest BCUT2D eigenvalue weighted by molar-refractivity contribution is -0.145. The van der Waals surface area contributed by atoms with E-state index in [0.717, 1.165) is 66.6 Å².